The predicted molar refractivity (Wildman–Crippen MR) is 147 cm³/mol. The van der Waals surface area contributed by atoms with Gasteiger partial charge < -0.3 is 20.0 Å². The van der Waals surface area contributed by atoms with Crippen molar-refractivity contribution in [3.8, 4) is 33.8 Å². The molecule has 1 aliphatic heterocycles. The van der Waals surface area contributed by atoms with Crippen LogP contribution in [0.15, 0.2) is 66.0 Å². The van der Waals surface area contributed by atoms with Gasteiger partial charge in [-0.2, -0.15) is 5.10 Å². The van der Waals surface area contributed by atoms with E-state index in [0.717, 1.165) is 59.1 Å². The predicted octanol–water partition coefficient (Wildman–Crippen LogP) is 4.55. The topological polar surface area (TPSA) is 150 Å². The minimum absolute atomic E-state index is 0.0137. The van der Waals surface area contributed by atoms with E-state index < -0.39 is 0 Å². The van der Waals surface area contributed by atoms with Crippen LogP contribution in [0.1, 0.15) is 19.3 Å². The van der Waals surface area contributed by atoms with Crippen LogP contribution in [0.4, 0.5) is 5.69 Å². The van der Waals surface area contributed by atoms with Gasteiger partial charge >= 0.3 is 0 Å². The van der Waals surface area contributed by atoms with Gasteiger partial charge in [-0.05, 0) is 56.1 Å². The number of imidazole rings is 1. The van der Waals surface area contributed by atoms with Crippen LogP contribution in [0.25, 0.3) is 56.0 Å². The van der Waals surface area contributed by atoms with Gasteiger partial charge in [-0.1, -0.05) is 0 Å². The number of aromatic nitrogens is 7. The Morgan fingerprint density at radius 1 is 1.03 bits per heavy atom. The minimum Gasteiger partial charge on any atom is -0.472 e. The van der Waals surface area contributed by atoms with E-state index in [-0.39, 0.29) is 5.91 Å². The highest BCUT2D eigenvalue weighted by Crippen LogP contribution is 2.32. The molecule has 6 aromatic heterocycles. The summed E-state index contributed by atoms with van der Waals surface area (Å²) < 4.78 is 5.26. The zero-order valence-electron chi connectivity index (χ0n) is 20.9. The number of carbonyl (C=O) groups is 1. The molecule has 0 radical (unpaired) electrons. The Hall–Kier alpha value is -4.90. The van der Waals surface area contributed by atoms with Crippen molar-refractivity contribution in [2.75, 3.05) is 18.4 Å². The highest BCUT2D eigenvalue weighted by molar-refractivity contribution is 5.96. The first-order chi connectivity index (χ1) is 19.2. The van der Waals surface area contributed by atoms with E-state index in [1.54, 1.807) is 37.3 Å². The lowest BCUT2D eigenvalue weighted by molar-refractivity contribution is -0.117. The Bertz CT molecular complexity index is 1780. The summed E-state index contributed by atoms with van der Waals surface area (Å²) in [6.07, 6.45) is 12.8. The molecule has 0 bridgehead atoms. The van der Waals surface area contributed by atoms with Crippen LogP contribution < -0.4 is 10.6 Å². The van der Waals surface area contributed by atoms with Crippen molar-refractivity contribution in [3.63, 3.8) is 0 Å². The van der Waals surface area contributed by atoms with E-state index in [1.165, 1.54) is 0 Å². The van der Waals surface area contributed by atoms with E-state index in [9.17, 15) is 4.79 Å². The molecule has 7 heterocycles. The molecule has 6 aromatic rings. The standard InChI is InChI=1S/C28H25N9O2/c38-23(9-16-1-5-29-6-2-16)33-20-10-18(12-30-14-20)19-11-22-25(36-37-26(22)32-13-19)28-34-24-21(17-4-8-39-15-17)3-7-31-27(24)35-28/h3-4,7-8,10-16,29H,1-2,5-6,9H2,(H,33,38)(H,31,34,35)(H,32,36,37). The summed E-state index contributed by atoms with van der Waals surface area (Å²) in [5.74, 6) is 1.01. The second-order valence-corrected chi connectivity index (χ2v) is 9.75. The summed E-state index contributed by atoms with van der Waals surface area (Å²) in [6, 6.07) is 7.71. The van der Waals surface area contributed by atoms with Crippen molar-refractivity contribution >= 4 is 33.8 Å². The normalized spacial score (nSPS) is 14.3. The molecular formula is C28H25N9O2. The van der Waals surface area contributed by atoms with E-state index in [4.69, 9.17) is 9.40 Å². The van der Waals surface area contributed by atoms with Gasteiger partial charge in [0.15, 0.2) is 17.1 Å². The first kappa shape index (κ1) is 23.2. The number of amides is 1. The molecule has 0 aliphatic carbocycles. The number of nitrogens with one attached hydrogen (secondary N) is 4. The van der Waals surface area contributed by atoms with Gasteiger partial charge in [-0.25, -0.2) is 15.0 Å². The average Bonchev–Trinajstić information content (AvgIpc) is 3.73. The maximum Gasteiger partial charge on any atom is 0.224 e. The van der Waals surface area contributed by atoms with Crippen molar-refractivity contribution in [2.45, 2.75) is 19.3 Å². The summed E-state index contributed by atoms with van der Waals surface area (Å²) in [5, 5.41) is 14.6. The SMILES string of the molecule is O=C(CC1CCNCC1)Nc1cncc(-c2cnc3[nH]nc(-c4nc5c(-c6ccoc6)ccnc5[nH]4)c3c2)c1. The van der Waals surface area contributed by atoms with Crippen LogP contribution in [-0.2, 0) is 4.79 Å². The third-order valence-electron chi connectivity index (χ3n) is 7.15. The Labute approximate surface area is 222 Å². The summed E-state index contributed by atoms with van der Waals surface area (Å²) in [4.78, 5) is 34.1. The van der Waals surface area contributed by atoms with Crippen molar-refractivity contribution in [2.24, 2.45) is 5.92 Å². The quantitative estimate of drug-likeness (QED) is 0.250. The highest BCUT2D eigenvalue weighted by Gasteiger charge is 2.19. The second-order valence-electron chi connectivity index (χ2n) is 9.75. The van der Waals surface area contributed by atoms with Gasteiger partial charge in [0.25, 0.3) is 0 Å². The summed E-state index contributed by atoms with van der Waals surface area (Å²) in [5.41, 5.74) is 6.84. The number of rotatable bonds is 6. The molecule has 39 heavy (non-hydrogen) atoms. The number of fused-ring (bicyclic) bond motifs is 2. The van der Waals surface area contributed by atoms with E-state index in [2.05, 4.69) is 40.8 Å². The van der Waals surface area contributed by atoms with Gasteiger partial charge in [0.1, 0.15) is 11.2 Å². The highest BCUT2D eigenvalue weighted by atomic mass is 16.3. The molecule has 11 nitrogen and oxygen atoms in total. The van der Waals surface area contributed by atoms with Crippen LogP contribution in [0, 0.1) is 5.92 Å². The number of hydrogen-bond donors (Lipinski definition) is 4. The number of aromatic amines is 2. The lowest BCUT2D eigenvalue weighted by Gasteiger charge is -2.21. The number of carbonyl (C=O) groups excluding carboxylic acids is 1. The first-order valence-electron chi connectivity index (χ1n) is 12.9. The molecular weight excluding hydrogens is 494 g/mol. The molecule has 0 atom stereocenters. The van der Waals surface area contributed by atoms with E-state index in [1.807, 2.05) is 24.3 Å². The molecule has 1 amide bonds. The number of piperidine rings is 1. The number of pyridine rings is 3. The molecule has 4 N–H and O–H groups in total. The lowest BCUT2D eigenvalue weighted by atomic mass is 9.94. The number of hydrogen-bond acceptors (Lipinski definition) is 8. The van der Waals surface area contributed by atoms with Crippen molar-refractivity contribution in [3.05, 3.63) is 61.6 Å². The maximum absolute atomic E-state index is 12.6. The molecule has 11 heteroatoms. The Morgan fingerprint density at radius 2 is 1.92 bits per heavy atom. The van der Waals surface area contributed by atoms with Crippen LogP contribution in [0.3, 0.4) is 0 Å². The summed E-state index contributed by atoms with van der Waals surface area (Å²) >= 11 is 0. The molecule has 1 fully saturated rings. The number of furan rings is 1. The first-order valence-corrected chi connectivity index (χ1v) is 12.9. The zero-order chi connectivity index (χ0) is 26.2. The molecule has 194 valence electrons. The number of anilines is 1. The van der Waals surface area contributed by atoms with Gasteiger partial charge in [0, 0.05) is 47.3 Å². The Balaban J connectivity index is 1.19. The minimum atomic E-state index is 0.0137. The Morgan fingerprint density at radius 3 is 2.79 bits per heavy atom. The van der Waals surface area contributed by atoms with Crippen LogP contribution in [0.5, 0.6) is 0 Å². The smallest absolute Gasteiger partial charge is 0.224 e. The summed E-state index contributed by atoms with van der Waals surface area (Å²) in [7, 11) is 0. The fraction of sp³-hybridized carbons (Fsp3) is 0.214. The van der Waals surface area contributed by atoms with Crippen molar-refractivity contribution < 1.29 is 9.21 Å². The number of nitrogens with zero attached hydrogens (tertiary/aromatic N) is 5. The van der Waals surface area contributed by atoms with Crippen LogP contribution >= 0.6 is 0 Å². The van der Waals surface area contributed by atoms with Gasteiger partial charge in [0.2, 0.25) is 5.91 Å². The average molecular weight is 520 g/mol. The largest absolute Gasteiger partial charge is 0.472 e. The zero-order valence-corrected chi connectivity index (χ0v) is 20.9. The van der Waals surface area contributed by atoms with Gasteiger partial charge in [-0.3, -0.25) is 14.9 Å². The third kappa shape index (κ3) is 4.53. The Kier molecular flexibility index (Phi) is 5.82. The van der Waals surface area contributed by atoms with Crippen LogP contribution in [-0.4, -0.2) is 54.1 Å². The third-order valence-corrected chi connectivity index (χ3v) is 7.15. The van der Waals surface area contributed by atoms with Gasteiger partial charge in [0.05, 0.1) is 29.8 Å². The molecule has 0 spiro atoms. The second kappa shape index (κ2) is 9.76. The fourth-order valence-electron chi connectivity index (χ4n) is 5.14. The van der Waals surface area contributed by atoms with Gasteiger partial charge in [-0.15, -0.1) is 0 Å². The van der Waals surface area contributed by atoms with Crippen molar-refractivity contribution in [1.29, 1.82) is 0 Å². The van der Waals surface area contributed by atoms with Crippen LogP contribution in [0.2, 0.25) is 0 Å². The molecule has 0 aromatic carbocycles. The van der Waals surface area contributed by atoms with E-state index in [0.29, 0.717) is 40.8 Å². The lowest BCUT2D eigenvalue weighted by Crippen LogP contribution is -2.30. The maximum atomic E-state index is 12.6. The molecule has 7 rings (SSSR count). The molecule has 1 aliphatic rings. The summed E-state index contributed by atoms with van der Waals surface area (Å²) in [6.45, 7) is 1.94. The van der Waals surface area contributed by atoms with Crippen molar-refractivity contribution in [1.82, 2.24) is 40.4 Å². The molecule has 1 saturated heterocycles. The molecule has 0 unspecified atom stereocenters. The monoisotopic (exact) mass is 519 g/mol. The fourth-order valence-corrected chi connectivity index (χ4v) is 5.14. The number of H-pyrrole nitrogens is 2. The van der Waals surface area contributed by atoms with E-state index >= 15 is 0 Å². The molecule has 0 saturated carbocycles.